The van der Waals surface area contributed by atoms with Gasteiger partial charge in [-0.3, -0.25) is 14.0 Å². The summed E-state index contributed by atoms with van der Waals surface area (Å²) in [6, 6.07) is 1.83. The van der Waals surface area contributed by atoms with E-state index in [0.29, 0.717) is 16.7 Å². The highest BCUT2D eigenvalue weighted by Crippen LogP contribution is 2.14. The lowest BCUT2D eigenvalue weighted by Crippen LogP contribution is -2.22. The number of thiophene rings is 1. The number of hydrogen-bond acceptors (Lipinski definition) is 4. The molecule has 0 aliphatic carbocycles. The predicted molar refractivity (Wildman–Crippen MR) is 78.2 cm³/mol. The van der Waals surface area contributed by atoms with E-state index in [1.165, 1.54) is 11.3 Å². The van der Waals surface area contributed by atoms with Gasteiger partial charge in [-0.05, 0) is 35.6 Å². The van der Waals surface area contributed by atoms with Gasteiger partial charge in [0.15, 0.2) is 4.77 Å². The Balaban J connectivity index is 1.96. The molecule has 0 unspecified atom stereocenters. The van der Waals surface area contributed by atoms with Crippen LogP contribution in [0.25, 0.3) is 10.2 Å². The van der Waals surface area contributed by atoms with Gasteiger partial charge in [-0.15, -0.1) is 11.3 Å². The lowest BCUT2D eigenvalue weighted by atomic mass is 10.2. The third-order valence-electron chi connectivity index (χ3n) is 2.99. The Kier molecular flexibility index (Phi) is 3.08. The molecule has 3 heterocycles. The molecular formula is C12H12N4OS2. The Morgan fingerprint density at radius 3 is 3.11 bits per heavy atom. The molecule has 0 spiro atoms. The Morgan fingerprint density at radius 2 is 2.37 bits per heavy atom. The molecule has 3 aromatic rings. The molecule has 0 fully saturated rings. The van der Waals surface area contributed by atoms with E-state index in [-0.39, 0.29) is 5.56 Å². The van der Waals surface area contributed by atoms with Crippen molar-refractivity contribution in [3.05, 3.63) is 44.5 Å². The SMILES string of the molecule is Cn1cc(CCn2c(=S)[nH]c3sccc3c2=O)cn1. The zero-order valence-corrected chi connectivity index (χ0v) is 11.9. The van der Waals surface area contributed by atoms with Crippen molar-refractivity contribution < 1.29 is 0 Å². The third-order valence-corrected chi connectivity index (χ3v) is 4.14. The maximum absolute atomic E-state index is 12.3. The fourth-order valence-electron chi connectivity index (χ4n) is 2.02. The van der Waals surface area contributed by atoms with Gasteiger partial charge in [-0.1, -0.05) is 0 Å². The molecule has 0 atom stereocenters. The van der Waals surface area contributed by atoms with Crippen LogP contribution < -0.4 is 5.56 Å². The van der Waals surface area contributed by atoms with E-state index in [1.807, 2.05) is 24.7 Å². The summed E-state index contributed by atoms with van der Waals surface area (Å²) in [5.74, 6) is 0. The molecule has 19 heavy (non-hydrogen) atoms. The average Bonchev–Trinajstić information content (AvgIpc) is 2.98. The molecule has 0 aliphatic heterocycles. The Bertz CT molecular complexity index is 839. The number of nitrogens with zero attached hydrogens (tertiary/aromatic N) is 3. The number of aromatic amines is 1. The number of fused-ring (bicyclic) bond motifs is 1. The van der Waals surface area contributed by atoms with E-state index in [4.69, 9.17) is 12.2 Å². The van der Waals surface area contributed by atoms with E-state index >= 15 is 0 Å². The first-order chi connectivity index (χ1) is 9.15. The van der Waals surface area contributed by atoms with Crippen molar-refractivity contribution in [3.63, 3.8) is 0 Å². The first kappa shape index (κ1) is 12.3. The molecule has 0 aliphatic rings. The molecule has 0 radical (unpaired) electrons. The van der Waals surface area contributed by atoms with Crippen LogP contribution in [0.5, 0.6) is 0 Å². The molecule has 3 aromatic heterocycles. The zero-order chi connectivity index (χ0) is 13.4. The van der Waals surface area contributed by atoms with E-state index in [2.05, 4.69) is 10.1 Å². The molecule has 0 saturated heterocycles. The predicted octanol–water partition coefficient (Wildman–Crippen LogP) is 2.10. The van der Waals surface area contributed by atoms with Crippen LogP contribution in [0.3, 0.4) is 0 Å². The lowest BCUT2D eigenvalue weighted by Gasteiger charge is -2.05. The van der Waals surface area contributed by atoms with Gasteiger partial charge in [0.25, 0.3) is 5.56 Å². The minimum absolute atomic E-state index is 0.0242. The summed E-state index contributed by atoms with van der Waals surface area (Å²) >= 11 is 6.74. The summed E-state index contributed by atoms with van der Waals surface area (Å²) in [5.41, 5.74) is 1.07. The lowest BCUT2D eigenvalue weighted by molar-refractivity contribution is 0.652. The second-order valence-corrected chi connectivity index (χ2v) is 5.63. The quantitative estimate of drug-likeness (QED) is 0.752. The first-order valence-electron chi connectivity index (χ1n) is 5.83. The second-order valence-electron chi connectivity index (χ2n) is 4.32. The number of aromatic nitrogens is 4. The van der Waals surface area contributed by atoms with Gasteiger partial charge in [-0.2, -0.15) is 5.10 Å². The van der Waals surface area contributed by atoms with E-state index in [0.717, 1.165) is 16.8 Å². The standard InChI is InChI=1S/C12H12N4OS2/c1-15-7-8(6-13-15)2-4-16-11(17)9-3-5-19-10(9)14-12(16)18/h3,5-7H,2,4H2,1H3,(H,14,18). The van der Waals surface area contributed by atoms with Crippen LogP contribution >= 0.6 is 23.6 Å². The minimum atomic E-state index is -0.0242. The summed E-state index contributed by atoms with van der Waals surface area (Å²) in [6.07, 6.45) is 4.49. The number of H-pyrrole nitrogens is 1. The summed E-state index contributed by atoms with van der Waals surface area (Å²) in [4.78, 5) is 16.2. The van der Waals surface area contributed by atoms with Crippen LogP contribution in [0.4, 0.5) is 0 Å². The summed E-state index contributed by atoms with van der Waals surface area (Å²) in [5, 5.41) is 6.70. The zero-order valence-electron chi connectivity index (χ0n) is 10.3. The highest BCUT2D eigenvalue weighted by atomic mass is 32.1. The molecule has 1 N–H and O–H groups in total. The van der Waals surface area contributed by atoms with Crippen molar-refractivity contribution in [2.24, 2.45) is 7.05 Å². The highest BCUT2D eigenvalue weighted by Gasteiger charge is 2.07. The van der Waals surface area contributed by atoms with Crippen LogP contribution in [0.1, 0.15) is 5.56 Å². The molecule has 0 saturated carbocycles. The van der Waals surface area contributed by atoms with Crippen molar-refractivity contribution >= 4 is 33.8 Å². The Labute approximate surface area is 118 Å². The smallest absolute Gasteiger partial charge is 0.263 e. The van der Waals surface area contributed by atoms with Gasteiger partial charge >= 0.3 is 0 Å². The third kappa shape index (κ3) is 2.26. The van der Waals surface area contributed by atoms with Crippen molar-refractivity contribution in [3.8, 4) is 0 Å². The van der Waals surface area contributed by atoms with Gasteiger partial charge in [0.1, 0.15) is 4.83 Å². The summed E-state index contributed by atoms with van der Waals surface area (Å²) in [7, 11) is 1.87. The van der Waals surface area contributed by atoms with E-state index in [9.17, 15) is 4.79 Å². The van der Waals surface area contributed by atoms with Gasteiger partial charge in [0, 0.05) is 19.8 Å². The first-order valence-corrected chi connectivity index (χ1v) is 7.12. The van der Waals surface area contributed by atoms with Crippen LogP contribution in [-0.2, 0) is 20.0 Å². The monoisotopic (exact) mass is 292 g/mol. The van der Waals surface area contributed by atoms with Crippen LogP contribution in [0.2, 0.25) is 0 Å². The summed E-state index contributed by atoms with van der Waals surface area (Å²) in [6.45, 7) is 0.561. The maximum Gasteiger partial charge on any atom is 0.263 e. The molecular weight excluding hydrogens is 280 g/mol. The molecule has 0 aromatic carbocycles. The van der Waals surface area contributed by atoms with Gasteiger partial charge < -0.3 is 4.98 Å². The van der Waals surface area contributed by atoms with Crippen LogP contribution in [0.15, 0.2) is 28.6 Å². The fourth-order valence-corrected chi connectivity index (χ4v) is 3.14. The van der Waals surface area contributed by atoms with Crippen LogP contribution in [-0.4, -0.2) is 19.3 Å². The molecule has 3 rings (SSSR count). The number of nitrogens with one attached hydrogen (secondary N) is 1. The molecule has 5 nitrogen and oxygen atoms in total. The van der Waals surface area contributed by atoms with Crippen LogP contribution in [0, 0.1) is 4.77 Å². The number of aryl methyl sites for hydroxylation is 2. The molecule has 7 heteroatoms. The van der Waals surface area contributed by atoms with Crippen molar-refractivity contribution in [2.75, 3.05) is 0 Å². The Hall–Kier alpha value is -1.73. The Morgan fingerprint density at radius 1 is 1.53 bits per heavy atom. The largest absolute Gasteiger partial charge is 0.323 e. The van der Waals surface area contributed by atoms with Gasteiger partial charge in [0.2, 0.25) is 0 Å². The van der Waals surface area contributed by atoms with E-state index < -0.39 is 0 Å². The van der Waals surface area contributed by atoms with Gasteiger partial charge in [-0.25, -0.2) is 0 Å². The average molecular weight is 292 g/mol. The van der Waals surface area contributed by atoms with Gasteiger partial charge in [0.05, 0.1) is 11.6 Å². The number of rotatable bonds is 3. The normalized spacial score (nSPS) is 11.2. The van der Waals surface area contributed by atoms with Crippen molar-refractivity contribution in [1.29, 1.82) is 0 Å². The fraction of sp³-hybridized carbons (Fsp3) is 0.250. The number of hydrogen-bond donors (Lipinski definition) is 1. The summed E-state index contributed by atoms with van der Waals surface area (Å²) < 4.78 is 3.84. The van der Waals surface area contributed by atoms with Crippen molar-refractivity contribution in [2.45, 2.75) is 13.0 Å². The van der Waals surface area contributed by atoms with Crippen molar-refractivity contribution in [1.82, 2.24) is 19.3 Å². The molecule has 98 valence electrons. The molecule has 0 bridgehead atoms. The maximum atomic E-state index is 12.3. The second kappa shape index (κ2) is 4.75. The van der Waals surface area contributed by atoms with E-state index in [1.54, 1.807) is 15.4 Å². The molecule has 0 amide bonds. The topological polar surface area (TPSA) is 55.6 Å². The minimum Gasteiger partial charge on any atom is -0.323 e. The highest BCUT2D eigenvalue weighted by molar-refractivity contribution is 7.71.